The minimum absolute atomic E-state index is 0.146. The zero-order valence-corrected chi connectivity index (χ0v) is 14.7. The molecule has 2 nitrogen and oxygen atoms in total. The van der Waals surface area contributed by atoms with E-state index in [9.17, 15) is 4.80 Å². The molecule has 1 N–H and O–H groups in total. The molecule has 0 spiro atoms. The molecular formula is C10H28O2Si3. The second kappa shape index (κ2) is 6.34. The normalized spacial score (nSPS) is 16.2. The first-order chi connectivity index (χ1) is 6.66. The highest BCUT2D eigenvalue weighted by Gasteiger charge is 2.23. The summed E-state index contributed by atoms with van der Waals surface area (Å²) in [6.45, 7) is 13.1. The average molecular weight is 265 g/mol. The van der Waals surface area contributed by atoms with Crippen molar-refractivity contribution >= 4 is 26.2 Å². The van der Waals surface area contributed by atoms with Gasteiger partial charge in [0.25, 0.3) is 0 Å². The summed E-state index contributed by atoms with van der Waals surface area (Å²) in [5.41, 5.74) is 0.503. The lowest BCUT2D eigenvalue weighted by Crippen LogP contribution is -2.36. The van der Waals surface area contributed by atoms with Gasteiger partial charge in [-0.15, -0.1) is 0 Å². The van der Waals surface area contributed by atoms with E-state index in [2.05, 4.69) is 26.9 Å². The van der Waals surface area contributed by atoms with Crippen LogP contribution in [0.3, 0.4) is 0 Å². The van der Waals surface area contributed by atoms with Crippen molar-refractivity contribution in [2.75, 3.05) is 0 Å². The topological polar surface area (TPSA) is 29.5 Å². The van der Waals surface area contributed by atoms with E-state index in [0.29, 0.717) is 5.73 Å². The molecule has 0 aromatic rings. The molecule has 0 aliphatic rings. The molecule has 0 bridgehead atoms. The number of hydrogen-bond acceptors (Lipinski definition) is 2. The van der Waals surface area contributed by atoms with Gasteiger partial charge in [-0.3, -0.25) is 0 Å². The molecule has 0 fully saturated rings. The molecule has 92 valence electrons. The quantitative estimate of drug-likeness (QED) is 0.715. The predicted octanol–water partition coefficient (Wildman–Crippen LogP) is 2.36. The maximum Gasteiger partial charge on any atom is 0.186 e. The van der Waals surface area contributed by atoms with E-state index in [0.717, 1.165) is 6.04 Å². The Bertz CT molecular complexity index is 178. The first-order valence-corrected chi connectivity index (χ1v) is 14.1. The van der Waals surface area contributed by atoms with E-state index in [4.69, 9.17) is 4.43 Å². The molecule has 0 aliphatic carbocycles. The lowest BCUT2D eigenvalue weighted by atomic mass is 10.9. The second-order valence-electron chi connectivity index (χ2n) is 5.75. The van der Waals surface area contributed by atoms with Crippen molar-refractivity contribution in [1.29, 1.82) is 0 Å². The van der Waals surface area contributed by atoms with Crippen molar-refractivity contribution in [3.8, 4) is 0 Å². The van der Waals surface area contributed by atoms with Crippen LogP contribution in [0.25, 0.3) is 0 Å². The van der Waals surface area contributed by atoms with E-state index in [1.807, 2.05) is 13.1 Å². The molecule has 0 rings (SSSR count). The van der Waals surface area contributed by atoms with Crippen LogP contribution in [0.15, 0.2) is 0 Å². The third-order valence-corrected chi connectivity index (χ3v) is 9.87. The summed E-state index contributed by atoms with van der Waals surface area (Å²) < 4.78 is 6.14. The van der Waals surface area contributed by atoms with Crippen molar-refractivity contribution in [2.24, 2.45) is 0 Å². The Kier molecular flexibility index (Phi) is 6.58. The zero-order valence-electron chi connectivity index (χ0n) is 11.3. The van der Waals surface area contributed by atoms with Gasteiger partial charge in [0.2, 0.25) is 0 Å². The monoisotopic (exact) mass is 264 g/mol. The third kappa shape index (κ3) is 9.50. The van der Waals surface area contributed by atoms with Gasteiger partial charge in [0, 0.05) is 5.73 Å². The molecule has 0 saturated heterocycles. The van der Waals surface area contributed by atoms with Crippen molar-refractivity contribution in [3.63, 3.8) is 0 Å². The molecule has 0 radical (unpaired) electrons. The van der Waals surface area contributed by atoms with Crippen molar-refractivity contribution in [1.82, 2.24) is 0 Å². The maximum absolute atomic E-state index is 9.74. The van der Waals surface area contributed by atoms with Gasteiger partial charge in [-0.2, -0.15) is 0 Å². The predicted molar refractivity (Wildman–Crippen MR) is 76.4 cm³/mol. The molecule has 0 aromatic carbocycles. The van der Waals surface area contributed by atoms with Gasteiger partial charge in [0.1, 0.15) is 0 Å². The highest BCUT2D eigenvalue weighted by molar-refractivity contribution is 6.72. The summed E-state index contributed by atoms with van der Waals surface area (Å²) in [7, 11) is -3.30. The molecule has 0 saturated carbocycles. The Morgan fingerprint density at radius 1 is 1.27 bits per heavy atom. The smallest absolute Gasteiger partial charge is 0.186 e. The van der Waals surface area contributed by atoms with Crippen LogP contribution in [0.5, 0.6) is 0 Å². The molecule has 0 heterocycles. The van der Waals surface area contributed by atoms with Crippen LogP contribution < -0.4 is 0 Å². The van der Waals surface area contributed by atoms with Crippen LogP contribution in [0.1, 0.15) is 13.8 Å². The van der Waals surface area contributed by atoms with Crippen molar-refractivity contribution < 1.29 is 9.22 Å². The SMILES string of the molecule is CC[Si](C)(C)OC(C)[SiH2]CC[Si](C)(C)O. The minimum atomic E-state index is -1.80. The molecule has 1 unspecified atom stereocenters. The van der Waals surface area contributed by atoms with Crippen LogP contribution in [-0.2, 0) is 4.43 Å². The van der Waals surface area contributed by atoms with Gasteiger partial charge in [0.15, 0.2) is 16.6 Å². The highest BCUT2D eigenvalue weighted by Crippen LogP contribution is 2.14. The number of hydrogen-bond donors (Lipinski definition) is 1. The molecule has 5 heteroatoms. The van der Waals surface area contributed by atoms with Gasteiger partial charge < -0.3 is 9.22 Å². The van der Waals surface area contributed by atoms with Crippen molar-refractivity contribution in [2.45, 2.75) is 63.9 Å². The fourth-order valence-electron chi connectivity index (χ4n) is 1.51. The Hall–Kier alpha value is 0.571. The summed E-state index contributed by atoms with van der Waals surface area (Å²) in [6.07, 6.45) is 0. The van der Waals surface area contributed by atoms with E-state index < -0.39 is 16.6 Å². The molecule has 0 amide bonds. The van der Waals surface area contributed by atoms with Crippen LogP contribution in [0.2, 0.25) is 44.3 Å². The summed E-state index contributed by atoms with van der Waals surface area (Å²) in [4.78, 5) is 9.74. The largest absolute Gasteiger partial charge is 0.432 e. The summed E-state index contributed by atoms with van der Waals surface area (Å²) in [5, 5.41) is 0. The van der Waals surface area contributed by atoms with Gasteiger partial charge >= 0.3 is 0 Å². The molecule has 0 aliphatic heterocycles. The van der Waals surface area contributed by atoms with Crippen LogP contribution in [0, 0.1) is 0 Å². The van der Waals surface area contributed by atoms with Gasteiger partial charge in [-0.1, -0.05) is 13.0 Å². The fourth-order valence-corrected chi connectivity index (χ4v) is 9.44. The highest BCUT2D eigenvalue weighted by atomic mass is 28.4. The van der Waals surface area contributed by atoms with E-state index in [-0.39, 0.29) is 9.52 Å². The Morgan fingerprint density at radius 2 is 1.80 bits per heavy atom. The van der Waals surface area contributed by atoms with E-state index in [1.165, 1.54) is 12.1 Å². The second-order valence-corrected chi connectivity index (χ2v) is 16.8. The number of rotatable bonds is 7. The third-order valence-electron chi connectivity index (χ3n) is 2.77. The molecule has 0 aromatic heterocycles. The summed E-state index contributed by atoms with van der Waals surface area (Å²) in [6, 6.07) is 3.50. The van der Waals surface area contributed by atoms with Gasteiger partial charge in [-0.25, -0.2) is 0 Å². The Labute approximate surface area is 99.5 Å². The van der Waals surface area contributed by atoms with E-state index in [1.54, 1.807) is 0 Å². The zero-order chi connectivity index (χ0) is 12.1. The lowest BCUT2D eigenvalue weighted by molar-refractivity contribution is 0.286. The standard InChI is InChI=1S/C10H28O2Si3/c1-7-15(5,6)12-10(2)13-8-9-14(3,4)11/h10-11H,7-9,13H2,1-6H3. The van der Waals surface area contributed by atoms with Crippen molar-refractivity contribution in [3.05, 3.63) is 0 Å². The summed E-state index contributed by atoms with van der Waals surface area (Å²) in [5.74, 6) is 0. The average Bonchev–Trinajstić information content (AvgIpc) is 2.00. The summed E-state index contributed by atoms with van der Waals surface area (Å²) >= 11 is 0. The van der Waals surface area contributed by atoms with Gasteiger partial charge in [-0.05, 0) is 45.2 Å². The van der Waals surface area contributed by atoms with Crippen LogP contribution in [-0.4, -0.2) is 36.7 Å². The molecule has 1 atom stereocenters. The van der Waals surface area contributed by atoms with Crippen LogP contribution in [0.4, 0.5) is 0 Å². The minimum Gasteiger partial charge on any atom is -0.432 e. The van der Waals surface area contributed by atoms with Crippen LogP contribution >= 0.6 is 0 Å². The lowest BCUT2D eigenvalue weighted by Gasteiger charge is -2.26. The maximum atomic E-state index is 9.74. The molecule has 15 heavy (non-hydrogen) atoms. The first-order valence-electron chi connectivity index (χ1n) is 6.06. The Morgan fingerprint density at radius 3 is 2.20 bits per heavy atom. The molecular weight excluding hydrogens is 236 g/mol. The van der Waals surface area contributed by atoms with Gasteiger partial charge in [0.05, 0.1) is 9.52 Å². The van der Waals surface area contributed by atoms with E-state index >= 15 is 0 Å². The first kappa shape index (κ1) is 15.6. The fraction of sp³-hybridized carbons (Fsp3) is 1.00. The Balaban J connectivity index is 3.71.